The third-order valence-electron chi connectivity index (χ3n) is 5.96. The summed E-state index contributed by atoms with van der Waals surface area (Å²) in [5, 5.41) is 3.71. The van der Waals surface area contributed by atoms with Crippen molar-refractivity contribution in [1.29, 1.82) is 0 Å². The van der Waals surface area contributed by atoms with E-state index >= 15 is 0 Å². The molecule has 2 heterocycles. The highest BCUT2D eigenvalue weighted by Gasteiger charge is 2.19. The number of halogens is 1. The van der Waals surface area contributed by atoms with Crippen molar-refractivity contribution >= 4 is 29.2 Å². The van der Waals surface area contributed by atoms with Crippen molar-refractivity contribution in [1.82, 2.24) is 15.3 Å². The predicted molar refractivity (Wildman–Crippen MR) is 140 cm³/mol. The summed E-state index contributed by atoms with van der Waals surface area (Å²) in [6.45, 7) is 3.77. The number of ether oxygens (including phenoxy) is 2. The third kappa shape index (κ3) is 6.78. The second-order valence-electron chi connectivity index (χ2n) is 8.24. The molecule has 0 bridgehead atoms. The van der Waals surface area contributed by atoms with Crippen LogP contribution in [0.4, 0.5) is 15.9 Å². The van der Waals surface area contributed by atoms with Gasteiger partial charge in [-0.25, -0.2) is 14.4 Å². The number of hydrogen-bond donors (Lipinski definition) is 1. The summed E-state index contributed by atoms with van der Waals surface area (Å²) in [5.41, 5.74) is 2.08. The van der Waals surface area contributed by atoms with Gasteiger partial charge in [-0.2, -0.15) is 0 Å². The van der Waals surface area contributed by atoms with Gasteiger partial charge in [0.05, 0.1) is 20.0 Å². The molecule has 1 N–H and O–H groups in total. The van der Waals surface area contributed by atoms with Crippen LogP contribution in [0, 0.1) is 5.82 Å². The molecule has 3 aromatic rings. The van der Waals surface area contributed by atoms with Crippen molar-refractivity contribution < 1.29 is 18.7 Å². The van der Waals surface area contributed by atoms with Crippen LogP contribution in [0.15, 0.2) is 59.9 Å². The van der Waals surface area contributed by atoms with Gasteiger partial charge in [-0.15, -0.1) is 0 Å². The first-order valence-electron chi connectivity index (χ1n) is 11.7. The normalized spacial score (nSPS) is 13.4. The largest absolute Gasteiger partial charge is 0.493 e. The first kappa shape index (κ1) is 25.6. The van der Waals surface area contributed by atoms with Crippen LogP contribution in [0.5, 0.6) is 11.5 Å². The van der Waals surface area contributed by atoms with E-state index in [1.165, 1.54) is 23.9 Å². The number of thioether (sulfide) groups is 1. The maximum Gasteiger partial charge on any atom is 0.230 e. The fraction of sp³-hybridized carbons (Fsp3) is 0.346. The van der Waals surface area contributed by atoms with Crippen molar-refractivity contribution in [3.8, 4) is 11.5 Å². The lowest BCUT2D eigenvalue weighted by Crippen LogP contribution is -2.46. The number of aromatic nitrogens is 2. The Morgan fingerprint density at radius 1 is 0.972 bits per heavy atom. The summed E-state index contributed by atoms with van der Waals surface area (Å²) >= 11 is 1.39. The smallest absolute Gasteiger partial charge is 0.230 e. The third-order valence-corrected chi connectivity index (χ3v) is 6.88. The Balaban J connectivity index is 1.22. The zero-order valence-electron chi connectivity index (χ0n) is 20.4. The molecule has 10 heteroatoms. The number of carbonyl (C=O) groups is 1. The van der Waals surface area contributed by atoms with Crippen LogP contribution in [0.2, 0.25) is 0 Å². The number of carbonyl (C=O) groups excluding carboxylic acids is 1. The zero-order valence-corrected chi connectivity index (χ0v) is 21.3. The standard InChI is InChI=1S/C26H30FN5O3S/c1-34-22-8-3-19(15-23(22)35-2)9-10-28-25(33)17-36-26-16-24(29-18-30-26)32-13-11-31(12-14-32)21-6-4-20(27)5-7-21/h3-8,15-16,18H,9-14,17H2,1-2H3,(H,28,33). The molecule has 1 aromatic heterocycles. The fourth-order valence-corrected chi connectivity index (χ4v) is 4.69. The summed E-state index contributed by atoms with van der Waals surface area (Å²) in [6.07, 6.45) is 2.23. The maximum absolute atomic E-state index is 13.2. The average Bonchev–Trinajstić information content (AvgIpc) is 2.92. The number of hydrogen-bond acceptors (Lipinski definition) is 8. The molecule has 0 spiro atoms. The van der Waals surface area contributed by atoms with Crippen LogP contribution in [0.1, 0.15) is 5.56 Å². The first-order valence-corrected chi connectivity index (χ1v) is 12.7. The number of methoxy groups -OCH3 is 2. The molecular formula is C26H30FN5O3S. The van der Waals surface area contributed by atoms with E-state index in [0.29, 0.717) is 24.5 Å². The molecule has 0 saturated carbocycles. The van der Waals surface area contributed by atoms with Gasteiger partial charge in [-0.1, -0.05) is 17.8 Å². The van der Waals surface area contributed by atoms with E-state index in [1.807, 2.05) is 36.4 Å². The van der Waals surface area contributed by atoms with Gasteiger partial charge in [-0.05, 0) is 48.4 Å². The Kier molecular flexibility index (Phi) is 8.83. The van der Waals surface area contributed by atoms with Crippen molar-refractivity contribution in [3.05, 3.63) is 66.2 Å². The van der Waals surface area contributed by atoms with Gasteiger partial charge in [0.25, 0.3) is 0 Å². The summed E-state index contributed by atoms with van der Waals surface area (Å²) < 4.78 is 23.8. The molecule has 1 aliphatic heterocycles. The van der Waals surface area contributed by atoms with Gasteiger partial charge < -0.3 is 24.6 Å². The van der Waals surface area contributed by atoms with Crippen LogP contribution in [0.3, 0.4) is 0 Å². The molecule has 0 radical (unpaired) electrons. The van der Waals surface area contributed by atoms with Gasteiger partial charge in [0.1, 0.15) is 23.0 Å². The molecule has 4 rings (SSSR count). The monoisotopic (exact) mass is 511 g/mol. The molecule has 1 saturated heterocycles. The highest BCUT2D eigenvalue weighted by Crippen LogP contribution is 2.27. The number of piperazine rings is 1. The average molecular weight is 512 g/mol. The van der Waals surface area contributed by atoms with Gasteiger partial charge in [-0.3, -0.25) is 4.79 Å². The van der Waals surface area contributed by atoms with E-state index in [2.05, 4.69) is 25.1 Å². The van der Waals surface area contributed by atoms with E-state index in [9.17, 15) is 9.18 Å². The lowest BCUT2D eigenvalue weighted by atomic mass is 10.1. The summed E-state index contributed by atoms with van der Waals surface area (Å²) in [4.78, 5) is 25.5. The minimum Gasteiger partial charge on any atom is -0.493 e. The molecule has 36 heavy (non-hydrogen) atoms. The van der Waals surface area contributed by atoms with E-state index < -0.39 is 0 Å². The van der Waals surface area contributed by atoms with Crippen molar-refractivity contribution in [2.75, 3.05) is 62.5 Å². The van der Waals surface area contributed by atoms with Crippen molar-refractivity contribution in [2.24, 2.45) is 0 Å². The number of rotatable bonds is 10. The molecule has 8 nitrogen and oxygen atoms in total. The topological polar surface area (TPSA) is 79.8 Å². The summed E-state index contributed by atoms with van der Waals surface area (Å²) in [7, 11) is 3.21. The number of benzene rings is 2. The van der Waals surface area contributed by atoms with Gasteiger partial charge >= 0.3 is 0 Å². The number of amides is 1. The Bertz CT molecular complexity index is 1160. The Labute approximate surface area is 214 Å². The van der Waals surface area contributed by atoms with E-state index in [-0.39, 0.29) is 17.5 Å². The molecule has 0 aliphatic carbocycles. The van der Waals surface area contributed by atoms with E-state index in [0.717, 1.165) is 48.3 Å². The maximum atomic E-state index is 13.2. The molecule has 1 amide bonds. The fourth-order valence-electron chi connectivity index (χ4n) is 4.00. The number of nitrogens with one attached hydrogen (secondary N) is 1. The van der Waals surface area contributed by atoms with Crippen LogP contribution in [-0.2, 0) is 11.2 Å². The summed E-state index contributed by atoms with van der Waals surface area (Å²) in [6, 6.07) is 14.3. The van der Waals surface area contributed by atoms with E-state index in [4.69, 9.17) is 9.47 Å². The van der Waals surface area contributed by atoms with Gasteiger partial charge in [0, 0.05) is 44.5 Å². The van der Waals surface area contributed by atoms with Gasteiger partial charge in [0.15, 0.2) is 11.5 Å². The van der Waals surface area contributed by atoms with Crippen LogP contribution in [-0.4, -0.2) is 68.6 Å². The van der Waals surface area contributed by atoms with Crippen LogP contribution >= 0.6 is 11.8 Å². The van der Waals surface area contributed by atoms with Crippen LogP contribution in [0.25, 0.3) is 0 Å². The van der Waals surface area contributed by atoms with Gasteiger partial charge in [0.2, 0.25) is 5.91 Å². The number of anilines is 2. The first-order chi connectivity index (χ1) is 17.6. The van der Waals surface area contributed by atoms with Crippen molar-refractivity contribution in [2.45, 2.75) is 11.4 Å². The molecule has 1 aliphatic rings. The van der Waals surface area contributed by atoms with Crippen LogP contribution < -0.4 is 24.6 Å². The molecular weight excluding hydrogens is 481 g/mol. The SMILES string of the molecule is COc1ccc(CCNC(=O)CSc2cc(N3CCN(c4ccc(F)cc4)CC3)ncn2)cc1OC. The molecule has 0 atom stereocenters. The molecule has 0 unspecified atom stereocenters. The minimum absolute atomic E-state index is 0.0476. The zero-order chi connectivity index (χ0) is 25.3. The molecule has 1 fully saturated rings. The molecule has 190 valence electrons. The summed E-state index contributed by atoms with van der Waals surface area (Å²) in [5.74, 6) is 2.21. The molecule has 2 aromatic carbocycles. The van der Waals surface area contributed by atoms with E-state index in [1.54, 1.807) is 20.5 Å². The number of nitrogens with zero attached hydrogens (tertiary/aromatic N) is 4. The lowest BCUT2D eigenvalue weighted by molar-refractivity contribution is -0.118. The quantitative estimate of drug-likeness (QED) is 0.328. The second-order valence-corrected chi connectivity index (χ2v) is 9.24. The lowest BCUT2D eigenvalue weighted by Gasteiger charge is -2.36. The Morgan fingerprint density at radius 3 is 2.42 bits per heavy atom. The highest BCUT2D eigenvalue weighted by atomic mass is 32.2. The van der Waals surface area contributed by atoms with Crippen molar-refractivity contribution in [3.63, 3.8) is 0 Å². The Morgan fingerprint density at radius 2 is 1.69 bits per heavy atom. The minimum atomic E-state index is -0.227. The second kappa shape index (κ2) is 12.4. The Hall–Kier alpha value is -3.53. The highest BCUT2D eigenvalue weighted by molar-refractivity contribution is 7.99. The predicted octanol–water partition coefficient (Wildman–Crippen LogP) is 3.41.